The molecule has 0 aliphatic rings. The number of benzene rings is 2. The quantitative estimate of drug-likeness (QED) is 0.798. The standard InChI is InChI=1S/C19H23NO4/c1-4-18(24-17-12-10-15(22-3)11-13-17)19(21)20-14-6-8-16(9-7-14)23-5-2/h6-13,18H,4-5H2,1-3H3,(H,20,21). The molecular weight excluding hydrogens is 306 g/mol. The summed E-state index contributed by atoms with van der Waals surface area (Å²) in [6.45, 7) is 4.45. The molecule has 0 fully saturated rings. The second-order valence-corrected chi connectivity index (χ2v) is 5.14. The van der Waals surface area contributed by atoms with Crippen LogP contribution in [0.2, 0.25) is 0 Å². The van der Waals surface area contributed by atoms with Gasteiger partial charge < -0.3 is 19.5 Å². The third-order valence-electron chi connectivity index (χ3n) is 3.43. The highest BCUT2D eigenvalue weighted by Gasteiger charge is 2.18. The van der Waals surface area contributed by atoms with E-state index >= 15 is 0 Å². The highest BCUT2D eigenvalue weighted by Crippen LogP contribution is 2.20. The van der Waals surface area contributed by atoms with Crippen LogP contribution in [0.25, 0.3) is 0 Å². The van der Waals surface area contributed by atoms with Crippen LogP contribution in [0, 0.1) is 0 Å². The average molecular weight is 329 g/mol. The van der Waals surface area contributed by atoms with E-state index in [9.17, 15) is 4.79 Å². The lowest BCUT2D eigenvalue weighted by atomic mass is 10.2. The molecule has 5 heteroatoms. The number of rotatable bonds is 8. The molecule has 0 saturated carbocycles. The Morgan fingerprint density at radius 3 is 2.08 bits per heavy atom. The van der Waals surface area contributed by atoms with E-state index in [0.29, 0.717) is 24.5 Å². The van der Waals surface area contributed by atoms with Crippen LogP contribution in [-0.4, -0.2) is 25.7 Å². The van der Waals surface area contributed by atoms with Crippen molar-refractivity contribution in [3.05, 3.63) is 48.5 Å². The van der Waals surface area contributed by atoms with E-state index in [1.54, 1.807) is 31.4 Å². The van der Waals surface area contributed by atoms with Crippen LogP contribution >= 0.6 is 0 Å². The van der Waals surface area contributed by atoms with Crippen molar-refractivity contribution >= 4 is 11.6 Å². The number of amides is 1. The van der Waals surface area contributed by atoms with Gasteiger partial charge >= 0.3 is 0 Å². The molecule has 0 bridgehead atoms. The molecule has 0 aliphatic carbocycles. The van der Waals surface area contributed by atoms with Crippen molar-refractivity contribution in [2.75, 3.05) is 19.0 Å². The van der Waals surface area contributed by atoms with Crippen LogP contribution < -0.4 is 19.5 Å². The van der Waals surface area contributed by atoms with E-state index in [1.807, 2.05) is 38.1 Å². The zero-order valence-corrected chi connectivity index (χ0v) is 14.2. The van der Waals surface area contributed by atoms with Gasteiger partial charge in [-0.3, -0.25) is 4.79 Å². The summed E-state index contributed by atoms with van der Waals surface area (Å²) in [5.41, 5.74) is 0.709. The first-order valence-corrected chi connectivity index (χ1v) is 8.00. The highest BCUT2D eigenvalue weighted by atomic mass is 16.5. The predicted molar refractivity (Wildman–Crippen MR) is 93.9 cm³/mol. The molecule has 2 aromatic carbocycles. The van der Waals surface area contributed by atoms with Crippen molar-refractivity contribution in [3.63, 3.8) is 0 Å². The normalized spacial score (nSPS) is 11.5. The van der Waals surface area contributed by atoms with Gasteiger partial charge in [-0.1, -0.05) is 6.92 Å². The van der Waals surface area contributed by atoms with Crippen LogP contribution in [0.1, 0.15) is 20.3 Å². The minimum Gasteiger partial charge on any atom is -0.497 e. The van der Waals surface area contributed by atoms with Gasteiger partial charge in [0.1, 0.15) is 17.2 Å². The smallest absolute Gasteiger partial charge is 0.265 e. The van der Waals surface area contributed by atoms with Gasteiger partial charge in [0.15, 0.2) is 6.10 Å². The van der Waals surface area contributed by atoms with E-state index in [0.717, 1.165) is 11.5 Å². The van der Waals surface area contributed by atoms with E-state index < -0.39 is 6.10 Å². The Hall–Kier alpha value is -2.69. The molecule has 0 saturated heterocycles. The van der Waals surface area contributed by atoms with Crippen LogP contribution in [0.5, 0.6) is 17.2 Å². The summed E-state index contributed by atoms with van der Waals surface area (Å²) in [4.78, 5) is 12.4. The minimum absolute atomic E-state index is 0.183. The molecule has 0 heterocycles. The SMILES string of the molecule is CCOc1ccc(NC(=O)C(CC)Oc2ccc(OC)cc2)cc1. The first kappa shape index (κ1) is 17.7. The number of hydrogen-bond acceptors (Lipinski definition) is 4. The van der Waals surface area contributed by atoms with Crippen molar-refractivity contribution in [2.45, 2.75) is 26.4 Å². The lowest BCUT2D eigenvalue weighted by Gasteiger charge is -2.17. The molecule has 0 aliphatic heterocycles. The Morgan fingerprint density at radius 2 is 1.54 bits per heavy atom. The fraction of sp³-hybridized carbons (Fsp3) is 0.316. The molecule has 1 N–H and O–H groups in total. The Balaban J connectivity index is 1.97. The minimum atomic E-state index is -0.565. The maximum atomic E-state index is 12.4. The Bertz CT molecular complexity index is 637. The lowest BCUT2D eigenvalue weighted by Crippen LogP contribution is -2.32. The number of nitrogens with one attached hydrogen (secondary N) is 1. The van der Waals surface area contributed by atoms with Gasteiger partial charge in [-0.05, 0) is 61.9 Å². The van der Waals surface area contributed by atoms with Crippen molar-refractivity contribution in [2.24, 2.45) is 0 Å². The van der Waals surface area contributed by atoms with E-state index in [-0.39, 0.29) is 5.91 Å². The fourth-order valence-electron chi connectivity index (χ4n) is 2.16. The highest BCUT2D eigenvalue weighted by molar-refractivity contribution is 5.94. The summed E-state index contributed by atoms with van der Waals surface area (Å²) in [5, 5.41) is 2.86. The zero-order valence-electron chi connectivity index (χ0n) is 14.2. The van der Waals surface area contributed by atoms with Gasteiger partial charge in [0.2, 0.25) is 0 Å². The monoisotopic (exact) mass is 329 g/mol. The molecule has 2 aromatic rings. The zero-order chi connectivity index (χ0) is 17.4. The van der Waals surface area contributed by atoms with E-state index in [4.69, 9.17) is 14.2 Å². The topological polar surface area (TPSA) is 56.8 Å². The first-order chi connectivity index (χ1) is 11.7. The van der Waals surface area contributed by atoms with Crippen LogP contribution in [0.15, 0.2) is 48.5 Å². The fourth-order valence-corrected chi connectivity index (χ4v) is 2.16. The van der Waals surface area contributed by atoms with Gasteiger partial charge in [-0.15, -0.1) is 0 Å². The summed E-state index contributed by atoms with van der Waals surface area (Å²) in [6.07, 6.45) is -0.000472. The molecule has 2 rings (SSSR count). The molecule has 24 heavy (non-hydrogen) atoms. The van der Waals surface area contributed by atoms with Crippen molar-refractivity contribution < 1.29 is 19.0 Å². The van der Waals surface area contributed by atoms with Gasteiger partial charge in [-0.25, -0.2) is 0 Å². The lowest BCUT2D eigenvalue weighted by molar-refractivity contribution is -0.122. The van der Waals surface area contributed by atoms with Gasteiger partial charge in [-0.2, -0.15) is 0 Å². The number of methoxy groups -OCH3 is 1. The van der Waals surface area contributed by atoms with E-state index in [1.165, 1.54) is 0 Å². The van der Waals surface area contributed by atoms with Gasteiger partial charge in [0.25, 0.3) is 5.91 Å². The molecule has 0 aromatic heterocycles. The van der Waals surface area contributed by atoms with Crippen molar-refractivity contribution in [1.29, 1.82) is 0 Å². The predicted octanol–water partition coefficient (Wildman–Crippen LogP) is 3.89. The van der Waals surface area contributed by atoms with Crippen LogP contribution in [-0.2, 0) is 4.79 Å². The van der Waals surface area contributed by atoms with Gasteiger partial charge in [0.05, 0.1) is 13.7 Å². The number of anilines is 1. The van der Waals surface area contributed by atoms with Crippen LogP contribution in [0.4, 0.5) is 5.69 Å². The molecule has 1 atom stereocenters. The Labute approximate surface area is 142 Å². The number of carbonyl (C=O) groups is 1. The maximum Gasteiger partial charge on any atom is 0.265 e. The Kier molecular flexibility index (Phi) is 6.49. The number of ether oxygens (including phenoxy) is 3. The molecule has 0 spiro atoms. The Morgan fingerprint density at radius 1 is 0.958 bits per heavy atom. The second kappa shape index (κ2) is 8.82. The van der Waals surface area contributed by atoms with Crippen LogP contribution in [0.3, 0.4) is 0 Å². The molecule has 128 valence electrons. The molecule has 5 nitrogen and oxygen atoms in total. The third kappa shape index (κ3) is 4.91. The maximum absolute atomic E-state index is 12.4. The van der Waals surface area contributed by atoms with Crippen molar-refractivity contribution in [1.82, 2.24) is 0 Å². The second-order valence-electron chi connectivity index (χ2n) is 5.14. The molecular formula is C19H23NO4. The summed E-state index contributed by atoms with van der Waals surface area (Å²) in [7, 11) is 1.61. The van der Waals surface area contributed by atoms with E-state index in [2.05, 4.69) is 5.32 Å². The molecule has 1 amide bonds. The summed E-state index contributed by atoms with van der Waals surface area (Å²) in [6, 6.07) is 14.4. The first-order valence-electron chi connectivity index (χ1n) is 8.00. The summed E-state index contributed by atoms with van der Waals surface area (Å²) < 4.78 is 16.3. The largest absolute Gasteiger partial charge is 0.497 e. The summed E-state index contributed by atoms with van der Waals surface area (Å²) in [5.74, 6) is 1.97. The van der Waals surface area contributed by atoms with Gasteiger partial charge in [0, 0.05) is 5.69 Å². The summed E-state index contributed by atoms with van der Waals surface area (Å²) >= 11 is 0. The molecule has 1 unspecified atom stereocenters. The third-order valence-corrected chi connectivity index (χ3v) is 3.43. The number of hydrogen-bond donors (Lipinski definition) is 1. The van der Waals surface area contributed by atoms with Crippen molar-refractivity contribution in [3.8, 4) is 17.2 Å². The average Bonchev–Trinajstić information content (AvgIpc) is 2.62. The number of carbonyl (C=O) groups excluding carboxylic acids is 1. The molecule has 0 radical (unpaired) electrons.